The fourth-order valence-electron chi connectivity index (χ4n) is 3.74. The van der Waals surface area contributed by atoms with Crippen molar-refractivity contribution in [1.29, 1.82) is 0 Å². The zero-order chi connectivity index (χ0) is 20.5. The third-order valence-electron chi connectivity index (χ3n) is 5.22. The van der Waals surface area contributed by atoms with Crippen molar-refractivity contribution in [2.24, 2.45) is 5.73 Å². The Morgan fingerprint density at radius 1 is 1.24 bits per heavy atom. The van der Waals surface area contributed by atoms with Crippen LogP contribution in [0.15, 0.2) is 35.4 Å². The van der Waals surface area contributed by atoms with E-state index in [-0.39, 0.29) is 11.2 Å². The van der Waals surface area contributed by atoms with E-state index >= 15 is 0 Å². The van der Waals surface area contributed by atoms with Crippen LogP contribution in [0.2, 0.25) is 0 Å². The summed E-state index contributed by atoms with van der Waals surface area (Å²) in [6, 6.07) is 9.99. The van der Waals surface area contributed by atoms with Crippen molar-refractivity contribution in [2.75, 3.05) is 5.32 Å². The zero-order valence-electron chi connectivity index (χ0n) is 16.5. The van der Waals surface area contributed by atoms with E-state index in [4.69, 9.17) is 5.73 Å². The molecule has 2 aromatic heterocycles. The number of hydrogen-bond acceptors (Lipinski definition) is 5. The van der Waals surface area contributed by atoms with Crippen molar-refractivity contribution in [3.8, 4) is 0 Å². The number of aryl methyl sites for hydroxylation is 2. The third-order valence-corrected chi connectivity index (χ3v) is 7.45. The summed E-state index contributed by atoms with van der Waals surface area (Å²) in [7, 11) is 0. The summed E-state index contributed by atoms with van der Waals surface area (Å²) in [4.78, 5) is 30.7. The minimum atomic E-state index is -0.466. The van der Waals surface area contributed by atoms with Gasteiger partial charge in [0.2, 0.25) is 5.91 Å². The van der Waals surface area contributed by atoms with Gasteiger partial charge in [0, 0.05) is 10.3 Å². The van der Waals surface area contributed by atoms with E-state index in [1.165, 1.54) is 28.0 Å². The Labute approximate surface area is 178 Å². The van der Waals surface area contributed by atoms with Gasteiger partial charge in [-0.05, 0) is 62.8 Å². The number of thiophene rings is 1. The fraction of sp³-hybridized carbons (Fsp3) is 0.318. The topological polar surface area (TPSA) is 85.1 Å². The number of carbonyl (C=O) groups is 2. The minimum absolute atomic E-state index is 0.149. The summed E-state index contributed by atoms with van der Waals surface area (Å²) in [5.74, 6) is -0.615. The van der Waals surface area contributed by atoms with E-state index in [1.54, 1.807) is 0 Å². The molecule has 0 fully saturated rings. The number of amides is 2. The maximum absolute atomic E-state index is 12.8. The molecule has 7 heteroatoms. The molecular weight excluding hydrogens is 402 g/mol. The van der Waals surface area contributed by atoms with Crippen molar-refractivity contribution in [1.82, 2.24) is 4.98 Å². The number of thioether (sulfide) groups is 1. The average molecular weight is 426 g/mol. The van der Waals surface area contributed by atoms with Crippen molar-refractivity contribution in [2.45, 2.75) is 49.8 Å². The molecule has 2 heterocycles. The van der Waals surface area contributed by atoms with E-state index in [0.717, 1.165) is 52.7 Å². The highest BCUT2D eigenvalue weighted by molar-refractivity contribution is 8.00. The SMILES string of the molecule is Cc1cc(SC(C)C(=O)Nc2sc3c(c2C(N)=O)CCCC3)nc2ccccc12. The van der Waals surface area contributed by atoms with Gasteiger partial charge in [0.25, 0.3) is 5.91 Å². The van der Waals surface area contributed by atoms with Gasteiger partial charge in [-0.3, -0.25) is 9.59 Å². The Hall–Kier alpha value is -2.38. The Morgan fingerprint density at radius 2 is 2.00 bits per heavy atom. The molecule has 0 saturated carbocycles. The highest BCUT2D eigenvalue weighted by Gasteiger charge is 2.26. The number of pyridine rings is 1. The lowest BCUT2D eigenvalue weighted by atomic mass is 9.95. The minimum Gasteiger partial charge on any atom is -0.365 e. The van der Waals surface area contributed by atoms with E-state index in [9.17, 15) is 9.59 Å². The van der Waals surface area contributed by atoms with Crippen LogP contribution < -0.4 is 11.1 Å². The molecule has 1 unspecified atom stereocenters. The van der Waals surface area contributed by atoms with Crippen molar-refractivity contribution in [3.63, 3.8) is 0 Å². The lowest BCUT2D eigenvalue weighted by Gasteiger charge is -2.13. The van der Waals surface area contributed by atoms with Gasteiger partial charge in [-0.1, -0.05) is 30.0 Å². The standard InChI is InChI=1S/C22H23N3O2S2/c1-12-11-18(24-16-9-5-3-7-14(12)16)28-13(2)21(27)25-22-19(20(23)26)15-8-4-6-10-17(15)29-22/h3,5,7,9,11,13H,4,6,8,10H2,1-2H3,(H2,23,26)(H,25,27). The molecule has 3 aromatic rings. The van der Waals surface area contributed by atoms with Crippen molar-refractivity contribution in [3.05, 3.63) is 51.9 Å². The van der Waals surface area contributed by atoms with Gasteiger partial charge in [-0.25, -0.2) is 4.98 Å². The molecule has 3 N–H and O–H groups in total. The number of hydrogen-bond donors (Lipinski definition) is 2. The molecule has 0 bridgehead atoms. The van der Waals surface area contributed by atoms with Gasteiger partial charge >= 0.3 is 0 Å². The summed E-state index contributed by atoms with van der Waals surface area (Å²) >= 11 is 2.90. The van der Waals surface area contributed by atoms with E-state index in [0.29, 0.717) is 10.6 Å². The Balaban J connectivity index is 1.54. The number of aromatic nitrogens is 1. The number of benzene rings is 1. The summed E-state index contributed by atoms with van der Waals surface area (Å²) in [6.07, 6.45) is 3.96. The lowest BCUT2D eigenvalue weighted by Crippen LogP contribution is -2.24. The van der Waals surface area contributed by atoms with Crippen LogP contribution in [0.3, 0.4) is 0 Å². The third kappa shape index (κ3) is 4.02. The van der Waals surface area contributed by atoms with Gasteiger partial charge in [-0.2, -0.15) is 0 Å². The first-order chi connectivity index (χ1) is 13.9. The summed E-state index contributed by atoms with van der Waals surface area (Å²) in [6.45, 7) is 3.90. The van der Waals surface area contributed by atoms with Gasteiger partial charge in [0.15, 0.2) is 0 Å². The first-order valence-electron chi connectivity index (χ1n) is 9.72. The van der Waals surface area contributed by atoms with Gasteiger partial charge in [0.05, 0.1) is 21.4 Å². The van der Waals surface area contributed by atoms with Gasteiger partial charge in [-0.15, -0.1) is 11.3 Å². The molecule has 0 spiro atoms. The second kappa shape index (κ2) is 8.16. The van der Waals surface area contributed by atoms with E-state index in [2.05, 4.69) is 10.3 Å². The molecule has 2 amide bonds. The number of nitrogens with two attached hydrogens (primary N) is 1. The number of carbonyl (C=O) groups excluding carboxylic acids is 2. The molecule has 0 saturated heterocycles. The number of anilines is 1. The molecule has 1 aliphatic carbocycles. The van der Waals surface area contributed by atoms with Crippen molar-refractivity contribution >= 4 is 50.8 Å². The van der Waals surface area contributed by atoms with E-state index < -0.39 is 5.91 Å². The Bertz CT molecular complexity index is 1110. The average Bonchev–Trinajstić information content (AvgIpc) is 3.06. The van der Waals surface area contributed by atoms with Crippen LogP contribution in [0.5, 0.6) is 0 Å². The number of primary amides is 1. The highest BCUT2D eigenvalue weighted by atomic mass is 32.2. The van der Waals surface area contributed by atoms with Crippen LogP contribution >= 0.6 is 23.1 Å². The number of rotatable bonds is 5. The zero-order valence-corrected chi connectivity index (χ0v) is 18.1. The van der Waals surface area contributed by atoms with E-state index in [1.807, 2.05) is 44.2 Å². The van der Waals surface area contributed by atoms with Gasteiger partial charge < -0.3 is 11.1 Å². The molecule has 150 valence electrons. The molecule has 0 radical (unpaired) electrons. The Morgan fingerprint density at radius 3 is 2.79 bits per heavy atom. The number of para-hydroxylation sites is 1. The van der Waals surface area contributed by atoms with Crippen LogP contribution in [-0.2, 0) is 17.6 Å². The van der Waals surface area contributed by atoms with Gasteiger partial charge in [0.1, 0.15) is 5.00 Å². The molecule has 1 aromatic carbocycles. The van der Waals surface area contributed by atoms with Crippen LogP contribution in [0.1, 0.15) is 46.1 Å². The first-order valence-corrected chi connectivity index (χ1v) is 11.4. The predicted molar refractivity (Wildman–Crippen MR) is 120 cm³/mol. The highest BCUT2D eigenvalue weighted by Crippen LogP contribution is 2.38. The van der Waals surface area contributed by atoms with Crippen LogP contribution in [0.25, 0.3) is 10.9 Å². The summed E-state index contributed by atoms with van der Waals surface area (Å²) < 4.78 is 0. The Kier molecular flexibility index (Phi) is 5.61. The quantitative estimate of drug-likeness (QED) is 0.580. The van der Waals surface area contributed by atoms with Crippen LogP contribution in [0.4, 0.5) is 5.00 Å². The summed E-state index contributed by atoms with van der Waals surface area (Å²) in [5, 5.41) is 5.10. The molecule has 5 nitrogen and oxygen atoms in total. The predicted octanol–water partition coefficient (Wildman–Crippen LogP) is 4.70. The lowest BCUT2D eigenvalue weighted by molar-refractivity contribution is -0.115. The molecule has 4 rings (SSSR count). The second-order valence-electron chi connectivity index (χ2n) is 7.32. The fourth-order valence-corrected chi connectivity index (χ4v) is 5.96. The largest absolute Gasteiger partial charge is 0.365 e. The molecule has 1 atom stereocenters. The monoisotopic (exact) mass is 425 g/mol. The molecule has 1 aliphatic rings. The number of nitrogens with one attached hydrogen (secondary N) is 1. The first kappa shape index (κ1) is 19.9. The van der Waals surface area contributed by atoms with Crippen molar-refractivity contribution < 1.29 is 9.59 Å². The van der Waals surface area contributed by atoms with Crippen LogP contribution in [-0.4, -0.2) is 22.0 Å². The summed E-state index contributed by atoms with van der Waals surface area (Å²) in [5.41, 5.74) is 9.20. The number of fused-ring (bicyclic) bond motifs is 2. The normalized spacial score (nSPS) is 14.4. The smallest absolute Gasteiger partial charge is 0.251 e. The van der Waals surface area contributed by atoms with Crippen LogP contribution in [0, 0.1) is 6.92 Å². The molecular formula is C22H23N3O2S2. The molecule has 29 heavy (non-hydrogen) atoms. The maximum atomic E-state index is 12.8. The molecule has 0 aliphatic heterocycles. The second-order valence-corrected chi connectivity index (χ2v) is 9.79. The maximum Gasteiger partial charge on any atom is 0.251 e. The number of nitrogens with zero attached hydrogens (tertiary/aromatic N) is 1.